The second-order valence-electron chi connectivity index (χ2n) is 17.6. The van der Waals surface area contributed by atoms with Gasteiger partial charge < -0.3 is 19.1 Å². The molecule has 1 aromatic carbocycles. The molecule has 1 aromatic heterocycles. The topological polar surface area (TPSA) is 60.7 Å². The largest absolute Gasteiger partial charge is 0.498 e. The minimum Gasteiger partial charge on any atom is -0.498 e. The summed E-state index contributed by atoms with van der Waals surface area (Å²) in [4.78, 5) is 14.8. The van der Waals surface area contributed by atoms with Crippen molar-refractivity contribution in [3.8, 4) is 0 Å². The maximum absolute atomic E-state index is 14.8. The van der Waals surface area contributed by atoms with Gasteiger partial charge in [0.15, 0.2) is 5.78 Å². The second-order valence-corrected chi connectivity index (χ2v) is 17.6. The van der Waals surface area contributed by atoms with E-state index in [0.29, 0.717) is 11.8 Å². The molecule has 2 aromatic rings. The van der Waals surface area contributed by atoms with Crippen LogP contribution < -0.4 is 0 Å². The Hall–Kier alpha value is -2.63. The van der Waals surface area contributed by atoms with Gasteiger partial charge in [0.25, 0.3) is 0 Å². The molecule has 9 rings (SSSR count). The summed E-state index contributed by atoms with van der Waals surface area (Å²) in [5.74, 6) is 0.957. The van der Waals surface area contributed by atoms with Crippen LogP contribution in [0.25, 0.3) is 16.5 Å². The smallest absolute Gasteiger partial charge is 0.192 e. The fourth-order valence-electron chi connectivity index (χ4n) is 12.9. The summed E-state index contributed by atoms with van der Waals surface area (Å²) in [5, 5.41) is 13.3. The summed E-state index contributed by atoms with van der Waals surface area (Å²) in [6.45, 7) is 22.4. The van der Waals surface area contributed by atoms with E-state index in [4.69, 9.17) is 9.47 Å². The predicted molar refractivity (Wildman–Crippen MR) is 177 cm³/mol. The number of aromatic nitrogens is 1. The van der Waals surface area contributed by atoms with Gasteiger partial charge in [-0.25, -0.2) is 0 Å². The molecule has 2 saturated carbocycles. The highest BCUT2D eigenvalue weighted by Gasteiger charge is 2.68. The molecule has 45 heavy (non-hydrogen) atoms. The highest BCUT2D eigenvalue weighted by molar-refractivity contribution is 6.18. The molecular formula is C40H49NO4. The van der Waals surface area contributed by atoms with Gasteiger partial charge in [0.2, 0.25) is 0 Å². The van der Waals surface area contributed by atoms with Gasteiger partial charge in [0, 0.05) is 33.4 Å². The summed E-state index contributed by atoms with van der Waals surface area (Å²) in [7, 11) is 0. The standard InChI is InChI=1S/C40H49NO4/c1-20(2)31-34(43)29-28-22(25-19-36(3,4)45-37(5,6)30(25)33(28)42)18-23-24-17-21-11-12-26-38(7)14-10-16-44-27(38)13-15-39(26,8)40(21,9)35(24)41(31)32(23)29/h10,16,18-19,21,26-27,30-31,33,42H,1,11-15,17H2,2-9H3/t21-,26-,27-,30+,31-,33+,38-,39-,40+/m0/s1. The molecule has 5 nitrogen and oxygen atoms in total. The van der Waals surface area contributed by atoms with Crippen molar-refractivity contribution in [2.45, 2.75) is 129 Å². The van der Waals surface area contributed by atoms with Crippen molar-refractivity contribution in [2.24, 2.45) is 28.6 Å². The first-order chi connectivity index (χ1) is 21.1. The van der Waals surface area contributed by atoms with E-state index in [-0.39, 0.29) is 34.1 Å². The number of fused-ring (bicyclic) bond motifs is 13. The number of allylic oxidation sites excluding steroid dienone is 2. The first kappa shape index (κ1) is 28.6. The van der Waals surface area contributed by atoms with E-state index in [9.17, 15) is 9.90 Å². The molecule has 238 valence electrons. The van der Waals surface area contributed by atoms with Crippen molar-refractivity contribution in [2.75, 3.05) is 0 Å². The van der Waals surface area contributed by atoms with Crippen LogP contribution in [0.15, 0.2) is 36.6 Å². The minimum absolute atomic E-state index is 0.0743. The van der Waals surface area contributed by atoms with Crippen LogP contribution in [0.1, 0.15) is 132 Å². The van der Waals surface area contributed by atoms with Crippen molar-refractivity contribution in [1.29, 1.82) is 0 Å². The van der Waals surface area contributed by atoms with Crippen LogP contribution in [-0.4, -0.2) is 32.8 Å². The van der Waals surface area contributed by atoms with Gasteiger partial charge in [0.1, 0.15) is 12.1 Å². The number of aliphatic hydroxyl groups excluding tert-OH is 1. The van der Waals surface area contributed by atoms with E-state index in [0.717, 1.165) is 59.0 Å². The predicted octanol–water partition coefficient (Wildman–Crippen LogP) is 8.54. The molecule has 4 heterocycles. The summed E-state index contributed by atoms with van der Waals surface area (Å²) in [5.41, 5.74) is 7.55. The van der Waals surface area contributed by atoms with Crippen molar-refractivity contribution < 1.29 is 19.4 Å². The highest BCUT2D eigenvalue weighted by atomic mass is 16.5. The molecule has 4 aliphatic carbocycles. The van der Waals surface area contributed by atoms with Crippen LogP contribution in [-0.2, 0) is 21.3 Å². The Balaban J connectivity index is 1.32. The molecule has 0 bridgehead atoms. The fraction of sp³-hybridized carbons (Fsp3) is 0.625. The van der Waals surface area contributed by atoms with Gasteiger partial charge in [-0.3, -0.25) is 4.79 Å². The van der Waals surface area contributed by atoms with Crippen LogP contribution in [0, 0.1) is 28.6 Å². The Morgan fingerprint density at radius 1 is 1.09 bits per heavy atom. The average molecular weight is 608 g/mol. The lowest BCUT2D eigenvalue weighted by molar-refractivity contribution is -0.170. The number of hydrogen-bond acceptors (Lipinski definition) is 4. The number of benzene rings is 1. The number of ether oxygens (including phenoxy) is 2. The number of rotatable bonds is 1. The fourth-order valence-corrected chi connectivity index (χ4v) is 12.9. The molecule has 1 N–H and O–H groups in total. The van der Waals surface area contributed by atoms with E-state index in [1.807, 2.05) is 13.2 Å². The molecule has 9 atom stereocenters. The van der Waals surface area contributed by atoms with Crippen LogP contribution in [0.3, 0.4) is 0 Å². The number of carbonyl (C=O) groups is 1. The van der Waals surface area contributed by atoms with Crippen LogP contribution >= 0.6 is 0 Å². The van der Waals surface area contributed by atoms with E-state index in [2.05, 4.69) is 77.8 Å². The van der Waals surface area contributed by atoms with Gasteiger partial charge in [-0.05, 0) is 125 Å². The number of nitrogens with zero attached hydrogens (tertiary/aromatic N) is 1. The number of hydrogen-bond donors (Lipinski definition) is 1. The molecule has 0 spiro atoms. The zero-order valence-corrected chi connectivity index (χ0v) is 28.3. The van der Waals surface area contributed by atoms with Gasteiger partial charge in [-0.15, -0.1) is 0 Å². The van der Waals surface area contributed by atoms with Gasteiger partial charge in [-0.2, -0.15) is 0 Å². The Kier molecular flexibility index (Phi) is 5.24. The molecule has 5 heteroatoms. The molecule has 0 radical (unpaired) electrons. The number of aliphatic hydroxyl groups is 1. The van der Waals surface area contributed by atoms with Gasteiger partial charge in [-0.1, -0.05) is 32.9 Å². The summed E-state index contributed by atoms with van der Waals surface area (Å²) in [6, 6.07) is 1.93. The zero-order valence-electron chi connectivity index (χ0n) is 28.3. The van der Waals surface area contributed by atoms with E-state index >= 15 is 0 Å². The SMILES string of the molecule is C=C(C)[C@H]1C(=O)c2c3c(cc4c5c(n1c24)[C@@]1(C)[C@@H](CC[C@H]2[C@]4(C)CC=CO[C@H]4CC[C@@]21C)C5)C1=CC(C)(C)OC(C)(C)[C@H]1[C@@H]3O. The Morgan fingerprint density at radius 3 is 2.58 bits per heavy atom. The third kappa shape index (κ3) is 3.08. The Bertz CT molecular complexity index is 1820. The molecule has 3 aliphatic heterocycles. The molecule has 0 saturated heterocycles. The quantitative estimate of drug-likeness (QED) is 0.330. The van der Waals surface area contributed by atoms with Crippen LogP contribution in [0.5, 0.6) is 0 Å². The van der Waals surface area contributed by atoms with Gasteiger partial charge >= 0.3 is 0 Å². The lowest BCUT2D eigenvalue weighted by Crippen LogP contribution is -2.63. The summed E-state index contributed by atoms with van der Waals surface area (Å²) >= 11 is 0. The molecular weight excluding hydrogens is 558 g/mol. The number of ketones is 1. The third-order valence-electron chi connectivity index (χ3n) is 14.6. The summed E-state index contributed by atoms with van der Waals surface area (Å²) < 4.78 is 15.3. The van der Waals surface area contributed by atoms with Gasteiger partial charge in [0.05, 0.1) is 34.6 Å². The van der Waals surface area contributed by atoms with E-state index < -0.39 is 23.3 Å². The third-order valence-corrected chi connectivity index (χ3v) is 14.6. The minimum atomic E-state index is -0.794. The van der Waals surface area contributed by atoms with Crippen molar-refractivity contribution in [1.82, 2.24) is 4.57 Å². The molecule has 2 fully saturated rings. The molecule has 7 aliphatic rings. The molecule has 0 unspecified atom stereocenters. The second kappa shape index (κ2) is 8.26. The van der Waals surface area contributed by atoms with Crippen molar-refractivity contribution in [3.05, 3.63) is 64.6 Å². The van der Waals surface area contributed by atoms with Crippen molar-refractivity contribution in [3.63, 3.8) is 0 Å². The van der Waals surface area contributed by atoms with Crippen molar-refractivity contribution >= 4 is 22.3 Å². The monoisotopic (exact) mass is 607 g/mol. The maximum Gasteiger partial charge on any atom is 0.192 e. The highest BCUT2D eigenvalue weighted by Crippen LogP contribution is 2.72. The average Bonchev–Trinajstić information content (AvgIpc) is 3.61. The van der Waals surface area contributed by atoms with Crippen LogP contribution in [0.2, 0.25) is 0 Å². The lowest BCUT2D eigenvalue weighted by Gasteiger charge is -2.65. The normalized spacial score (nSPS) is 42.7. The zero-order chi connectivity index (χ0) is 31.8. The first-order valence-corrected chi connectivity index (χ1v) is 17.4. The summed E-state index contributed by atoms with van der Waals surface area (Å²) in [6.07, 6.45) is 12.6. The lowest BCUT2D eigenvalue weighted by atomic mass is 9.40. The first-order valence-electron chi connectivity index (χ1n) is 17.4. The van der Waals surface area contributed by atoms with E-state index in [1.165, 1.54) is 29.5 Å². The number of carbonyl (C=O) groups excluding carboxylic acids is 1. The number of Topliss-reactive ketones (excluding diaryl/α,β-unsaturated/α-hetero) is 1. The Labute approximate surface area is 267 Å². The molecule has 0 amide bonds. The Morgan fingerprint density at radius 2 is 1.84 bits per heavy atom. The maximum atomic E-state index is 14.8. The van der Waals surface area contributed by atoms with Crippen LogP contribution in [0.4, 0.5) is 0 Å². The van der Waals surface area contributed by atoms with E-state index in [1.54, 1.807) is 0 Å².